The van der Waals surface area contributed by atoms with Crippen LogP contribution in [0.15, 0.2) is 53.7 Å². The van der Waals surface area contributed by atoms with Crippen molar-refractivity contribution in [1.82, 2.24) is 19.9 Å². The van der Waals surface area contributed by atoms with E-state index in [0.717, 1.165) is 24.5 Å². The lowest BCUT2D eigenvalue weighted by Crippen LogP contribution is -2.26. The molecule has 0 saturated heterocycles. The van der Waals surface area contributed by atoms with E-state index < -0.39 is 4.92 Å². The lowest BCUT2D eigenvalue weighted by Gasteiger charge is -2.20. The first-order valence-corrected chi connectivity index (χ1v) is 11.3. The largest absolute Gasteiger partial charge is 0.497 e. The van der Waals surface area contributed by atoms with E-state index in [2.05, 4.69) is 25.6 Å². The predicted octanol–water partition coefficient (Wildman–Crippen LogP) is 4.99. The van der Waals surface area contributed by atoms with E-state index in [9.17, 15) is 10.1 Å². The number of thioether (sulfide) groups is 1. The highest BCUT2D eigenvalue weighted by Gasteiger charge is 2.14. The lowest BCUT2D eigenvalue weighted by molar-refractivity contribution is -0.384. The fourth-order valence-electron chi connectivity index (χ4n) is 2.77. The number of hydrogen-bond donors (Lipinski definition) is 2. The molecule has 0 spiro atoms. The summed E-state index contributed by atoms with van der Waals surface area (Å²) < 4.78 is 5.83. The lowest BCUT2D eigenvalue weighted by atomic mass is 10.3. The number of hydrogen-bond acceptors (Lipinski definition) is 10. The molecule has 3 aromatic rings. The molecule has 1 heterocycles. The highest BCUT2D eigenvalue weighted by molar-refractivity contribution is 8.22. The minimum atomic E-state index is -0.459. The summed E-state index contributed by atoms with van der Waals surface area (Å²) in [4.78, 5) is 26.0. The molecule has 0 aliphatic heterocycles. The van der Waals surface area contributed by atoms with Crippen LogP contribution in [-0.4, -0.2) is 49.3 Å². The van der Waals surface area contributed by atoms with Crippen molar-refractivity contribution < 1.29 is 9.66 Å². The molecule has 0 radical (unpaired) electrons. The molecule has 0 fully saturated rings. The Kier molecular flexibility index (Phi) is 8.33. The highest BCUT2D eigenvalue weighted by atomic mass is 32.2. The van der Waals surface area contributed by atoms with Crippen LogP contribution in [0.3, 0.4) is 0 Å². The first-order valence-electron chi connectivity index (χ1n) is 10.1. The van der Waals surface area contributed by atoms with Crippen LogP contribution in [0.1, 0.15) is 13.8 Å². The molecule has 12 heteroatoms. The number of nitrogens with one attached hydrogen (secondary N) is 2. The highest BCUT2D eigenvalue weighted by Crippen LogP contribution is 2.25. The van der Waals surface area contributed by atoms with Crippen molar-refractivity contribution >= 4 is 57.3 Å². The van der Waals surface area contributed by atoms with E-state index in [-0.39, 0.29) is 11.6 Å². The van der Waals surface area contributed by atoms with E-state index >= 15 is 0 Å². The second kappa shape index (κ2) is 11.4. The van der Waals surface area contributed by atoms with Gasteiger partial charge in [-0.05, 0) is 55.9 Å². The number of benzene rings is 2. The van der Waals surface area contributed by atoms with E-state index in [1.54, 1.807) is 19.2 Å². The minimum absolute atomic E-state index is 0.0389. The molecular formula is C21H23N7O3S2. The van der Waals surface area contributed by atoms with E-state index in [4.69, 9.17) is 17.0 Å². The average molecular weight is 486 g/mol. The van der Waals surface area contributed by atoms with Crippen molar-refractivity contribution in [2.75, 3.05) is 30.8 Å². The zero-order valence-electron chi connectivity index (χ0n) is 18.3. The van der Waals surface area contributed by atoms with Crippen LogP contribution in [-0.2, 0) is 0 Å². The molecule has 172 valence electrons. The molecule has 0 amide bonds. The van der Waals surface area contributed by atoms with E-state index in [0.29, 0.717) is 21.1 Å². The van der Waals surface area contributed by atoms with Crippen molar-refractivity contribution in [1.29, 1.82) is 0 Å². The van der Waals surface area contributed by atoms with Gasteiger partial charge in [0, 0.05) is 36.6 Å². The van der Waals surface area contributed by atoms with Gasteiger partial charge in [0.25, 0.3) is 5.69 Å². The molecular weight excluding hydrogens is 462 g/mol. The van der Waals surface area contributed by atoms with Gasteiger partial charge in [-0.3, -0.25) is 10.1 Å². The topological polar surface area (TPSA) is 118 Å². The Morgan fingerprint density at radius 3 is 2.27 bits per heavy atom. The van der Waals surface area contributed by atoms with Crippen molar-refractivity contribution in [3.63, 3.8) is 0 Å². The first kappa shape index (κ1) is 24.1. The van der Waals surface area contributed by atoms with Gasteiger partial charge in [-0.15, -0.1) is 0 Å². The molecule has 2 aromatic carbocycles. The molecule has 0 bridgehead atoms. The van der Waals surface area contributed by atoms with E-state index in [1.165, 1.54) is 23.9 Å². The van der Waals surface area contributed by atoms with Gasteiger partial charge in [0.05, 0.1) is 12.0 Å². The summed E-state index contributed by atoms with van der Waals surface area (Å²) in [6.45, 7) is 5.58. The van der Waals surface area contributed by atoms with Crippen molar-refractivity contribution in [3.05, 3.63) is 58.6 Å². The van der Waals surface area contributed by atoms with Crippen LogP contribution in [0, 0.1) is 10.1 Å². The maximum atomic E-state index is 11.1. The number of non-ortho nitro benzene ring substituents is 1. The van der Waals surface area contributed by atoms with Gasteiger partial charge in [-0.2, -0.15) is 15.0 Å². The SMILES string of the molecule is CCN(CC)C(=S)Sc1nc(Nc2ccc(OC)cc2)nc(Nc2cccc([N+](=O)[O-])c2)n1. The normalized spacial score (nSPS) is 10.4. The zero-order chi connectivity index (χ0) is 23.8. The summed E-state index contributed by atoms with van der Waals surface area (Å²) in [5.41, 5.74) is 1.20. The van der Waals surface area contributed by atoms with Gasteiger partial charge in [-0.1, -0.05) is 18.3 Å². The number of nitrogens with zero attached hydrogens (tertiary/aromatic N) is 5. The maximum Gasteiger partial charge on any atom is 0.271 e. The summed E-state index contributed by atoms with van der Waals surface area (Å²) in [7, 11) is 1.60. The third kappa shape index (κ3) is 6.73. The summed E-state index contributed by atoms with van der Waals surface area (Å²) in [5.74, 6) is 1.25. The fraction of sp³-hybridized carbons (Fsp3) is 0.238. The van der Waals surface area contributed by atoms with Gasteiger partial charge >= 0.3 is 0 Å². The molecule has 0 atom stereocenters. The molecule has 0 aliphatic rings. The third-order valence-electron chi connectivity index (χ3n) is 4.47. The number of nitro groups is 1. The van der Waals surface area contributed by atoms with Gasteiger partial charge in [0.15, 0.2) is 0 Å². The van der Waals surface area contributed by atoms with Crippen LogP contribution in [0.4, 0.5) is 29.0 Å². The smallest absolute Gasteiger partial charge is 0.271 e. The molecule has 33 heavy (non-hydrogen) atoms. The number of rotatable bonds is 9. The molecule has 1 aromatic heterocycles. The van der Waals surface area contributed by atoms with Gasteiger partial charge in [0.2, 0.25) is 17.1 Å². The van der Waals surface area contributed by atoms with E-state index in [1.807, 2.05) is 43.0 Å². The van der Waals surface area contributed by atoms with Crippen LogP contribution in [0.5, 0.6) is 5.75 Å². The number of anilines is 4. The minimum Gasteiger partial charge on any atom is -0.497 e. The standard InChI is InChI=1S/C21H23N7O3S2/c1-4-27(5-2)21(32)33-20-25-18(22-14-9-11-17(31-3)12-10-14)24-19(26-20)23-15-7-6-8-16(13-15)28(29)30/h6-13H,4-5H2,1-3H3,(H2,22,23,24,25,26). The van der Waals surface area contributed by atoms with Crippen LogP contribution < -0.4 is 15.4 Å². The molecule has 0 aliphatic carbocycles. The third-order valence-corrected chi connectivity index (χ3v) is 5.78. The zero-order valence-corrected chi connectivity index (χ0v) is 19.9. The quantitative estimate of drug-likeness (QED) is 0.184. The molecule has 0 saturated carbocycles. The second-order valence-electron chi connectivity index (χ2n) is 6.59. The molecule has 2 N–H and O–H groups in total. The number of thiocarbonyl (C=S) groups is 1. The average Bonchev–Trinajstić information content (AvgIpc) is 2.80. The van der Waals surface area contributed by atoms with Crippen molar-refractivity contribution in [2.45, 2.75) is 19.0 Å². The first-order chi connectivity index (χ1) is 15.9. The summed E-state index contributed by atoms with van der Waals surface area (Å²) >= 11 is 6.79. The summed E-state index contributed by atoms with van der Waals surface area (Å²) in [5, 5.41) is 17.7. The number of aromatic nitrogens is 3. The monoisotopic (exact) mass is 485 g/mol. The molecule has 3 rings (SSSR count). The Morgan fingerprint density at radius 2 is 1.70 bits per heavy atom. The Balaban J connectivity index is 1.91. The maximum absolute atomic E-state index is 11.1. The Labute approximate surface area is 201 Å². The Bertz CT molecular complexity index is 1130. The summed E-state index contributed by atoms with van der Waals surface area (Å²) in [6, 6.07) is 13.4. The summed E-state index contributed by atoms with van der Waals surface area (Å²) in [6.07, 6.45) is 0. The van der Waals surface area contributed by atoms with Crippen LogP contribution in [0.25, 0.3) is 0 Å². The van der Waals surface area contributed by atoms with Crippen molar-refractivity contribution in [3.8, 4) is 5.75 Å². The predicted molar refractivity (Wildman–Crippen MR) is 134 cm³/mol. The van der Waals surface area contributed by atoms with Gasteiger partial charge in [-0.25, -0.2) is 0 Å². The van der Waals surface area contributed by atoms with Crippen LogP contribution >= 0.6 is 24.0 Å². The Morgan fingerprint density at radius 1 is 1.06 bits per heavy atom. The molecule has 10 nitrogen and oxygen atoms in total. The second-order valence-corrected chi connectivity index (χ2v) is 8.19. The number of nitro benzene ring substituents is 1. The van der Waals surface area contributed by atoms with Gasteiger partial charge in [0.1, 0.15) is 10.1 Å². The fourth-order valence-corrected chi connectivity index (χ4v) is 4.06. The van der Waals surface area contributed by atoms with Gasteiger partial charge < -0.3 is 20.3 Å². The molecule has 0 unspecified atom stereocenters. The van der Waals surface area contributed by atoms with Crippen LogP contribution in [0.2, 0.25) is 0 Å². The number of ether oxygens (including phenoxy) is 1. The number of methoxy groups -OCH3 is 1. The van der Waals surface area contributed by atoms with Crippen molar-refractivity contribution in [2.24, 2.45) is 0 Å². The Hall–Kier alpha value is -3.51.